The number of carbonyl (C=O) groups excluding carboxylic acids is 5. The maximum absolute atomic E-state index is 16.2. The highest BCUT2D eigenvalue weighted by Crippen LogP contribution is 2.58. The van der Waals surface area contributed by atoms with Crippen molar-refractivity contribution in [3.8, 4) is 23.0 Å². The number of aliphatic carboxylic acids is 2. The minimum absolute atomic E-state index is 0.0125. The van der Waals surface area contributed by atoms with Gasteiger partial charge >= 0.3 is 17.9 Å². The van der Waals surface area contributed by atoms with Gasteiger partial charge in [0.25, 0.3) is 11.8 Å². The fourth-order valence-corrected chi connectivity index (χ4v) is 14.7. The normalized spacial score (nSPS) is 23.8. The van der Waals surface area contributed by atoms with Crippen LogP contribution in [0, 0.1) is 11.6 Å². The SMILES string of the molecule is O=C(Cc1cccs1)NC1C(=O)N2C(C(=O)O)=C(C=CCOc3cc4c(cc3F)C3(OC(=O)c5ccccc53)c3cc(F)c(OCC=CC5=C(C(=O)O)N6C(=O)C(NC(=O)Cc7cccs7)C6[S+]([O-])C5)cc3O4)C[S+]([O-])C12. The van der Waals surface area contributed by atoms with Gasteiger partial charge in [0.1, 0.15) is 47.6 Å². The first kappa shape index (κ1) is 51.3. The van der Waals surface area contributed by atoms with Gasteiger partial charge in [-0.05, 0) is 75.6 Å². The van der Waals surface area contributed by atoms with Crippen molar-refractivity contribution < 1.29 is 80.6 Å². The number of carboxylic acids is 2. The number of halogens is 2. The Hall–Kier alpha value is -7.81. The van der Waals surface area contributed by atoms with Crippen molar-refractivity contribution in [1.82, 2.24) is 20.4 Å². The van der Waals surface area contributed by atoms with Crippen molar-refractivity contribution >= 4 is 86.6 Å². The van der Waals surface area contributed by atoms with Crippen LogP contribution in [0.15, 0.2) is 130 Å². The minimum atomic E-state index is -1.95. The minimum Gasteiger partial charge on any atom is -0.614 e. The van der Waals surface area contributed by atoms with Crippen LogP contribution in [0.1, 0.15) is 36.8 Å². The summed E-state index contributed by atoms with van der Waals surface area (Å²) in [6.45, 7) is -0.781. The molecule has 19 nitrogen and oxygen atoms in total. The molecule has 77 heavy (non-hydrogen) atoms. The molecule has 394 valence electrons. The van der Waals surface area contributed by atoms with Crippen molar-refractivity contribution in [3.05, 3.63) is 174 Å². The smallest absolute Gasteiger partial charge is 0.353 e. The summed E-state index contributed by atoms with van der Waals surface area (Å²) in [4.78, 5) is 93.5. The lowest BCUT2D eigenvalue weighted by Gasteiger charge is -2.48. The molecule has 8 heterocycles. The van der Waals surface area contributed by atoms with Crippen LogP contribution in [0.4, 0.5) is 8.78 Å². The van der Waals surface area contributed by atoms with Crippen LogP contribution in [-0.4, -0.2) is 118 Å². The van der Waals surface area contributed by atoms with Gasteiger partial charge in [0.05, 0.1) is 29.5 Å². The van der Waals surface area contributed by atoms with Gasteiger partial charge in [0.2, 0.25) is 22.6 Å². The Kier molecular flexibility index (Phi) is 13.5. The molecular weight excluding hydrogens is 1090 g/mol. The number of fused-ring (bicyclic) bond motifs is 8. The van der Waals surface area contributed by atoms with Gasteiger partial charge < -0.3 is 48.9 Å². The molecule has 6 unspecified atom stereocenters. The molecule has 6 atom stereocenters. The van der Waals surface area contributed by atoms with Gasteiger partial charge in [0.15, 0.2) is 40.8 Å². The van der Waals surface area contributed by atoms with E-state index < -0.39 is 129 Å². The number of nitrogens with zero attached hydrogens (tertiary/aromatic N) is 2. The van der Waals surface area contributed by atoms with E-state index in [1.807, 2.05) is 0 Å². The van der Waals surface area contributed by atoms with Crippen LogP contribution >= 0.6 is 22.7 Å². The van der Waals surface area contributed by atoms with E-state index in [0.29, 0.717) is 0 Å². The van der Waals surface area contributed by atoms with E-state index in [2.05, 4.69) is 10.6 Å². The number of rotatable bonds is 16. The third-order valence-electron chi connectivity index (χ3n) is 13.3. The molecular formula is C52H38F2N4O15S4. The molecule has 2 fully saturated rings. The van der Waals surface area contributed by atoms with Crippen LogP contribution in [0.2, 0.25) is 0 Å². The van der Waals surface area contributed by atoms with Crippen LogP contribution in [0.3, 0.4) is 0 Å². The van der Waals surface area contributed by atoms with Crippen molar-refractivity contribution in [2.75, 3.05) is 24.7 Å². The van der Waals surface area contributed by atoms with E-state index in [1.54, 1.807) is 53.2 Å². The summed E-state index contributed by atoms with van der Waals surface area (Å²) in [5, 5.41) is 26.8. The first-order valence-corrected chi connectivity index (χ1v) is 27.8. The lowest BCUT2D eigenvalue weighted by Crippen LogP contribution is -2.74. The second-order valence-electron chi connectivity index (χ2n) is 17.9. The zero-order valence-electron chi connectivity index (χ0n) is 39.4. The lowest BCUT2D eigenvalue weighted by molar-refractivity contribution is -0.151. The number of amides is 4. The maximum atomic E-state index is 16.2. The third kappa shape index (κ3) is 9.00. The number of ether oxygens (including phenoxy) is 4. The van der Waals surface area contributed by atoms with Crippen LogP contribution in [0.5, 0.6) is 23.0 Å². The first-order chi connectivity index (χ1) is 37.0. The van der Waals surface area contributed by atoms with Crippen molar-refractivity contribution in [3.63, 3.8) is 0 Å². The quantitative estimate of drug-likeness (QED) is 0.0601. The molecule has 2 aromatic heterocycles. The number of thiophene rings is 2. The molecule has 0 bridgehead atoms. The largest absolute Gasteiger partial charge is 0.614 e. The van der Waals surface area contributed by atoms with Gasteiger partial charge in [-0.3, -0.25) is 29.0 Å². The molecule has 4 amide bonds. The summed E-state index contributed by atoms with van der Waals surface area (Å²) < 4.78 is 83.1. The number of hydrogen-bond donors (Lipinski definition) is 4. The third-order valence-corrected chi connectivity index (χ3v) is 18.3. The number of benzene rings is 3. The number of carbonyl (C=O) groups is 7. The Morgan fingerprint density at radius 2 is 1.17 bits per heavy atom. The number of esters is 1. The molecule has 2 saturated heterocycles. The molecule has 6 aliphatic rings. The van der Waals surface area contributed by atoms with Crippen LogP contribution in [0.25, 0.3) is 0 Å². The number of β-lactam (4-membered cyclic amide) rings is 2. The summed E-state index contributed by atoms with van der Waals surface area (Å²) in [6.07, 6.45) is 5.20. The average Bonchev–Trinajstić information content (AvgIpc) is 4.39. The Balaban J connectivity index is 0.809. The second-order valence-corrected chi connectivity index (χ2v) is 23.0. The van der Waals surface area contributed by atoms with Gasteiger partial charge in [-0.2, -0.15) is 0 Å². The Morgan fingerprint density at radius 3 is 1.61 bits per heavy atom. The van der Waals surface area contributed by atoms with E-state index in [0.717, 1.165) is 31.7 Å². The summed E-state index contributed by atoms with van der Waals surface area (Å²) in [6, 6.07) is 15.3. The predicted molar refractivity (Wildman–Crippen MR) is 270 cm³/mol. The van der Waals surface area contributed by atoms with E-state index in [9.17, 15) is 52.9 Å². The zero-order chi connectivity index (χ0) is 54.0. The highest BCUT2D eigenvalue weighted by molar-refractivity contribution is 7.92. The number of allylic oxidation sites excluding steroid dienone is 2. The molecule has 0 saturated carbocycles. The summed E-state index contributed by atoms with van der Waals surface area (Å²) in [7, 11) is 0. The molecule has 0 aliphatic carbocycles. The Morgan fingerprint density at radius 1 is 0.701 bits per heavy atom. The van der Waals surface area contributed by atoms with E-state index in [4.69, 9.17) is 18.9 Å². The lowest BCUT2D eigenvalue weighted by atomic mass is 9.77. The molecule has 11 rings (SSSR count). The van der Waals surface area contributed by atoms with E-state index in [-0.39, 0.29) is 80.7 Å². The Bertz CT molecular complexity index is 3280. The number of nitrogens with one attached hydrogen (secondary N) is 2. The van der Waals surface area contributed by atoms with Crippen molar-refractivity contribution in [2.45, 2.75) is 41.3 Å². The maximum Gasteiger partial charge on any atom is 0.353 e. The highest BCUT2D eigenvalue weighted by atomic mass is 32.2. The summed E-state index contributed by atoms with van der Waals surface area (Å²) in [5.74, 6) is -9.66. The number of hydrogen-bond acceptors (Lipinski definition) is 15. The summed E-state index contributed by atoms with van der Waals surface area (Å²) in [5.41, 5.74) is -2.49. The molecule has 25 heteroatoms. The number of carboxylic acid groups (broad SMARTS) is 2. The Labute approximate surface area is 448 Å². The predicted octanol–water partition coefficient (Wildman–Crippen LogP) is 4.52. The van der Waals surface area contributed by atoms with Gasteiger partial charge in [-0.1, -0.05) is 42.5 Å². The van der Waals surface area contributed by atoms with Crippen molar-refractivity contribution in [2.24, 2.45) is 0 Å². The second kappa shape index (κ2) is 20.3. The molecule has 5 aromatic rings. The van der Waals surface area contributed by atoms with Crippen LogP contribution < -0.4 is 24.8 Å². The highest BCUT2D eigenvalue weighted by Gasteiger charge is 2.62. The zero-order valence-corrected chi connectivity index (χ0v) is 42.7. The molecule has 3 aromatic carbocycles. The fourth-order valence-electron chi connectivity index (χ4n) is 10.0. The fraction of sp³-hybridized carbons (Fsp3) is 0.212. The van der Waals surface area contributed by atoms with Crippen molar-refractivity contribution in [1.29, 1.82) is 0 Å². The molecule has 6 aliphatic heterocycles. The standard InChI is InChI=1S/C52H38F2N4O15S4/c53-33-19-31-35(21-37(33)70-13-3-7-25-23-76(68)47-41(45(61)57(47)43(25)49(63)64)55-39(59)17-27-9-5-15-74-27)72-36-22-38(34(54)20-32(36)52(31)30-12-2-1-11-29(30)51(67)73-52)71-14-4-8-26-24-77(69)48-42(46(62)58(48)44(26)50(65)66)56-40(60)18-28-10-6-16-75-28/h1-12,15-16,19-22,41-42,47-48H,13-14,17-18,23-24H2,(H,55,59)(H,56,60)(H,63,64)(H,65,66). The monoisotopic (exact) mass is 1120 g/mol. The molecule has 4 N–H and O–H groups in total. The van der Waals surface area contributed by atoms with E-state index in [1.165, 1.54) is 65.2 Å². The average molecular weight is 1130 g/mol. The molecule has 0 radical (unpaired) electrons. The van der Waals surface area contributed by atoms with Gasteiger partial charge in [0, 0.05) is 38.6 Å². The summed E-state index contributed by atoms with van der Waals surface area (Å²) >= 11 is -0.967. The van der Waals surface area contributed by atoms with Crippen LogP contribution in [-0.2, 0) is 74.3 Å². The topological polar surface area (TPSA) is 274 Å². The van der Waals surface area contributed by atoms with E-state index >= 15 is 8.78 Å². The first-order valence-electron chi connectivity index (χ1n) is 23.3. The van der Waals surface area contributed by atoms with Gasteiger partial charge in [-0.25, -0.2) is 23.2 Å². The molecule has 1 spiro atoms. The van der Waals surface area contributed by atoms with Gasteiger partial charge in [-0.15, -0.1) is 22.7 Å².